The highest BCUT2D eigenvalue weighted by Gasteiger charge is 2.09. The molecule has 0 amide bonds. The van der Waals surface area contributed by atoms with Gasteiger partial charge in [0.2, 0.25) is 0 Å². The number of rotatable bonds is 7. The van der Waals surface area contributed by atoms with Gasteiger partial charge in [-0.25, -0.2) is 0 Å². The summed E-state index contributed by atoms with van der Waals surface area (Å²) in [5.74, 6) is 0. The van der Waals surface area contributed by atoms with Crippen LogP contribution in [0.15, 0.2) is 0 Å². The van der Waals surface area contributed by atoms with Crippen LogP contribution in [0.4, 0.5) is 0 Å². The first kappa shape index (κ1) is 12.9. The Morgan fingerprint density at radius 3 is 2.53 bits per heavy atom. The van der Waals surface area contributed by atoms with Crippen LogP contribution < -0.4 is 0 Å². The summed E-state index contributed by atoms with van der Waals surface area (Å²) in [7, 11) is 3.98. The molecule has 0 radical (unpaired) electrons. The molecule has 15 heavy (non-hydrogen) atoms. The lowest BCUT2D eigenvalue weighted by Gasteiger charge is -2.28. The highest BCUT2D eigenvalue weighted by Crippen LogP contribution is 2.07. The summed E-state index contributed by atoms with van der Waals surface area (Å²) in [5.41, 5.74) is 0. The van der Waals surface area contributed by atoms with Gasteiger partial charge in [-0.05, 0) is 39.4 Å². The highest BCUT2D eigenvalue weighted by atomic mass is 16.5. The molecule has 0 aromatic heterocycles. The van der Waals surface area contributed by atoms with Gasteiger partial charge in [0.05, 0.1) is 0 Å². The van der Waals surface area contributed by atoms with Gasteiger partial charge in [-0.2, -0.15) is 0 Å². The second kappa shape index (κ2) is 8.08. The molecule has 1 rings (SSSR count). The minimum atomic E-state index is 0.883. The molecule has 1 saturated heterocycles. The topological polar surface area (TPSA) is 15.7 Å². The van der Waals surface area contributed by atoms with Crippen molar-refractivity contribution in [3.8, 4) is 0 Å². The molecule has 0 unspecified atom stereocenters. The van der Waals surface area contributed by atoms with Crippen LogP contribution in [0.5, 0.6) is 0 Å². The molecule has 0 bridgehead atoms. The Hall–Kier alpha value is -0.120. The summed E-state index contributed by atoms with van der Waals surface area (Å²) >= 11 is 0. The summed E-state index contributed by atoms with van der Waals surface area (Å²) in [5, 5.41) is 0. The molecule has 0 N–H and O–H groups in total. The van der Waals surface area contributed by atoms with Gasteiger partial charge in [-0.3, -0.25) is 0 Å². The summed E-state index contributed by atoms with van der Waals surface area (Å²) in [6.07, 6.45) is 5.37. The van der Waals surface area contributed by atoms with E-state index in [-0.39, 0.29) is 0 Å². The predicted octanol–water partition coefficient (Wildman–Crippen LogP) is 1.44. The van der Waals surface area contributed by atoms with Gasteiger partial charge in [0, 0.05) is 33.4 Å². The van der Waals surface area contributed by atoms with Crippen LogP contribution in [-0.2, 0) is 4.74 Å². The van der Waals surface area contributed by atoms with Crippen molar-refractivity contribution in [1.29, 1.82) is 0 Å². The smallest absolute Gasteiger partial charge is 0.0474 e. The molecule has 0 atom stereocenters. The number of ether oxygens (including phenoxy) is 1. The van der Waals surface area contributed by atoms with Crippen LogP contribution in [0.25, 0.3) is 0 Å². The molecule has 0 aromatic carbocycles. The number of nitrogens with zero attached hydrogens (tertiary/aromatic N) is 2. The van der Waals surface area contributed by atoms with Crippen molar-refractivity contribution in [1.82, 2.24) is 9.80 Å². The Bertz CT molecular complexity index is 147. The second-order valence-electron chi connectivity index (χ2n) is 4.55. The molecular weight excluding hydrogens is 188 g/mol. The molecular formula is C12H26N2O. The SMILES string of the molecule is COCCCN(C)CCN1CCCCC1. The third-order valence-electron chi connectivity index (χ3n) is 3.13. The summed E-state index contributed by atoms with van der Waals surface area (Å²) < 4.78 is 5.05. The second-order valence-corrected chi connectivity index (χ2v) is 4.55. The van der Waals surface area contributed by atoms with Crippen molar-refractivity contribution in [2.24, 2.45) is 0 Å². The van der Waals surface area contributed by atoms with E-state index in [0.717, 1.165) is 19.6 Å². The number of likely N-dealkylation sites (N-methyl/N-ethyl adjacent to an activating group) is 1. The zero-order chi connectivity index (χ0) is 10.9. The first-order chi connectivity index (χ1) is 7.33. The van der Waals surface area contributed by atoms with Crippen LogP contribution in [0.3, 0.4) is 0 Å². The van der Waals surface area contributed by atoms with Crippen molar-refractivity contribution in [3.05, 3.63) is 0 Å². The monoisotopic (exact) mass is 214 g/mol. The Balaban J connectivity index is 1.97. The molecule has 90 valence electrons. The standard InChI is InChI=1S/C12H26N2O/c1-13(7-6-12-15-2)10-11-14-8-4-3-5-9-14/h3-12H2,1-2H3. The lowest BCUT2D eigenvalue weighted by molar-refractivity contribution is 0.166. The largest absolute Gasteiger partial charge is 0.385 e. The molecule has 3 nitrogen and oxygen atoms in total. The maximum absolute atomic E-state index is 5.05. The lowest BCUT2D eigenvalue weighted by atomic mass is 10.1. The van der Waals surface area contributed by atoms with E-state index in [0.29, 0.717) is 0 Å². The molecule has 0 spiro atoms. The zero-order valence-electron chi connectivity index (χ0n) is 10.4. The van der Waals surface area contributed by atoms with Crippen molar-refractivity contribution in [3.63, 3.8) is 0 Å². The molecule has 1 heterocycles. The third kappa shape index (κ3) is 6.13. The van der Waals surface area contributed by atoms with Gasteiger partial charge in [0.15, 0.2) is 0 Å². The molecule has 0 aromatic rings. The van der Waals surface area contributed by atoms with Crippen molar-refractivity contribution < 1.29 is 4.74 Å². The van der Waals surface area contributed by atoms with Crippen LogP contribution in [-0.4, -0.2) is 63.3 Å². The number of hydrogen-bond donors (Lipinski definition) is 0. The van der Waals surface area contributed by atoms with Gasteiger partial charge >= 0.3 is 0 Å². The number of methoxy groups -OCH3 is 1. The average molecular weight is 214 g/mol. The van der Waals surface area contributed by atoms with Gasteiger partial charge < -0.3 is 14.5 Å². The van der Waals surface area contributed by atoms with E-state index in [9.17, 15) is 0 Å². The highest BCUT2D eigenvalue weighted by molar-refractivity contribution is 4.66. The molecule has 1 fully saturated rings. The van der Waals surface area contributed by atoms with Gasteiger partial charge in [-0.1, -0.05) is 6.42 Å². The summed E-state index contributed by atoms with van der Waals surface area (Å²) in [6.45, 7) is 7.10. The average Bonchev–Trinajstić information content (AvgIpc) is 2.28. The Morgan fingerprint density at radius 1 is 1.13 bits per heavy atom. The fourth-order valence-electron chi connectivity index (χ4n) is 2.09. The third-order valence-corrected chi connectivity index (χ3v) is 3.13. The minimum Gasteiger partial charge on any atom is -0.385 e. The van der Waals surface area contributed by atoms with Crippen molar-refractivity contribution in [2.75, 3.05) is 53.5 Å². The van der Waals surface area contributed by atoms with Gasteiger partial charge in [0.1, 0.15) is 0 Å². The van der Waals surface area contributed by atoms with E-state index in [1.54, 1.807) is 7.11 Å². The molecule has 1 aliphatic rings. The van der Waals surface area contributed by atoms with E-state index >= 15 is 0 Å². The van der Waals surface area contributed by atoms with E-state index < -0.39 is 0 Å². The first-order valence-corrected chi connectivity index (χ1v) is 6.23. The van der Waals surface area contributed by atoms with E-state index in [1.165, 1.54) is 45.4 Å². The van der Waals surface area contributed by atoms with Gasteiger partial charge in [0.25, 0.3) is 0 Å². The van der Waals surface area contributed by atoms with Crippen molar-refractivity contribution >= 4 is 0 Å². The van der Waals surface area contributed by atoms with Crippen LogP contribution >= 0.6 is 0 Å². The Morgan fingerprint density at radius 2 is 1.87 bits per heavy atom. The normalized spacial score (nSPS) is 18.6. The summed E-state index contributed by atoms with van der Waals surface area (Å²) in [4.78, 5) is 5.00. The molecule has 0 saturated carbocycles. The van der Waals surface area contributed by atoms with Crippen LogP contribution in [0.2, 0.25) is 0 Å². The maximum Gasteiger partial charge on any atom is 0.0474 e. The van der Waals surface area contributed by atoms with E-state index in [4.69, 9.17) is 4.74 Å². The maximum atomic E-state index is 5.05. The molecule has 3 heteroatoms. The minimum absolute atomic E-state index is 0.883. The zero-order valence-corrected chi connectivity index (χ0v) is 10.4. The quantitative estimate of drug-likeness (QED) is 0.596. The predicted molar refractivity (Wildman–Crippen MR) is 64.3 cm³/mol. The van der Waals surface area contributed by atoms with Crippen molar-refractivity contribution in [2.45, 2.75) is 25.7 Å². The van der Waals surface area contributed by atoms with E-state index in [1.807, 2.05) is 0 Å². The molecule has 1 aliphatic heterocycles. The molecule has 0 aliphatic carbocycles. The Labute approximate surface area is 94.4 Å². The Kier molecular flexibility index (Phi) is 6.98. The lowest BCUT2D eigenvalue weighted by Crippen LogP contribution is -2.36. The number of likely N-dealkylation sites (tertiary alicyclic amines) is 1. The summed E-state index contributed by atoms with van der Waals surface area (Å²) in [6, 6.07) is 0. The number of hydrogen-bond acceptors (Lipinski definition) is 3. The number of piperidine rings is 1. The van der Waals surface area contributed by atoms with Crippen LogP contribution in [0, 0.1) is 0 Å². The first-order valence-electron chi connectivity index (χ1n) is 6.23. The van der Waals surface area contributed by atoms with Gasteiger partial charge in [-0.15, -0.1) is 0 Å². The van der Waals surface area contributed by atoms with Crippen LogP contribution in [0.1, 0.15) is 25.7 Å². The fourth-order valence-corrected chi connectivity index (χ4v) is 2.09. The van der Waals surface area contributed by atoms with E-state index in [2.05, 4.69) is 16.8 Å². The fraction of sp³-hybridized carbons (Fsp3) is 1.00.